The molecule has 0 aromatic rings. The first-order chi connectivity index (χ1) is 11.5. The second-order valence-electron chi connectivity index (χ2n) is 6.50. The summed E-state index contributed by atoms with van der Waals surface area (Å²) in [5.41, 5.74) is 1.28. The monoisotopic (exact) mass is 343 g/mol. The van der Waals surface area contributed by atoms with Crippen LogP contribution in [-0.2, 0) is 14.4 Å². The van der Waals surface area contributed by atoms with E-state index in [1.807, 2.05) is 6.92 Å². The highest BCUT2D eigenvalue weighted by Crippen LogP contribution is 2.27. The predicted molar refractivity (Wildman–Crippen MR) is 83.8 cm³/mol. The molecule has 0 spiro atoms. The summed E-state index contributed by atoms with van der Waals surface area (Å²) in [6.45, 7) is 3.72. The van der Waals surface area contributed by atoms with Gasteiger partial charge in [0.1, 0.15) is 6.04 Å². The predicted octanol–water partition coefficient (Wildman–Crippen LogP) is 0.860. The van der Waals surface area contributed by atoms with Gasteiger partial charge in [-0.3, -0.25) is 19.6 Å². The molecule has 2 aliphatic rings. The van der Waals surface area contributed by atoms with Gasteiger partial charge in [0.05, 0.1) is 5.92 Å². The lowest BCUT2D eigenvalue weighted by Crippen LogP contribution is -2.54. The fraction of sp³-hybridized carbons (Fsp3) is 0.812. The Labute approximate surface area is 141 Å². The fourth-order valence-electron chi connectivity index (χ4n) is 3.31. The fourth-order valence-corrected chi connectivity index (χ4v) is 3.31. The van der Waals surface area contributed by atoms with E-state index >= 15 is 0 Å². The number of nitrogens with zero attached hydrogens (tertiary/aromatic N) is 2. The van der Waals surface area contributed by atoms with Gasteiger partial charge in [0, 0.05) is 19.6 Å². The van der Waals surface area contributed by atoms with E-state index in [-0.39, 0.29) is 12.3 Å². The number of hydrogen-bond acceptors (Lipinski definition) is 4. The zero-order valence-corrected chi connectivity index (χ0v) is 14.0. The SMILES string of the molecule is CCCC[C@@H](C(=O)N1CCC[C@H]1C(=O)N1CCC1)[C@H](F)C(=O)NO. The van der Waals surface area contributed by atoms with Gasteiger partial charge in [-0.05, 0) is 25.7 Å². The van der Waals surface area contributed by atoms with Crippen LogP contribution in [0.1, 0.15) is 45.4 Å². The molecule has 2 aliphatic heterocycles. The number of likely N-dealkylation sites (tertiary alicyclic amines) is 2. The van der Waals surface area contributed by atoms with Crippen molar-refractivity contribution in [3.05, 3.63) is 0 Å². The molecular weight excluding hydrogens is 317 g/mol. The molecule has 0 bridgehead atoms. The molecule has 0 radical (unpaired) electrons. The number of carbonyl (C=O) groups is 3. The first-order valence-electron chi connectivity index (χ1n) is 8.68. The van der Waals surface area contributed by atoms with Gasteiger partial charge >= 0.3 is 0 Å². The molecule has 24 heavy (non-hydrogen) atoms. The number of rotatable bonds is 7. The Morgan fingerprint density at radius 2 is 1.96 bits per heavy atom. The first-order valence-corrected chi connectivity index (χ1v) is 8.68. The molecule has 2 rings (SSSR count). The van der Waals surface area contributed by atoms with Crippen LogP contribution < -0.4 is 5.48 Å². The van der Waals surface area contributed by atoms with Crippen molar-refractivity contribution in [3.63, 3.8) is 0 Å². The van der Waals surface area contributed by atoms with E-state index in [0.717, 1.165) is 12.8 Å². The van der Waals surface area contributed by atoms with Crippen molar-refractivity contribution >= 4 is 17.7 Å². The van der Waals surface area contributed by atoms with Gasteiger partial charge in [-0.15, -0.1) is 0 Å². The quantitative estimate of drug-likeness (QED) is 0.530. The number of hydrogen-bond donors (Lipinski definition) is 2. The third kappa shape index (κ3) is 3.85. The maximum absolute atomic E-state index is 14.3. The Kier molecular flexibility index (Phi) is 6.53. The van der Waals surface area contributed by atoms with Crippen LogP contribution in [0.4, 0.5) is 4.39 Å². The van der Waals surface area contributed by atoms with Gasteiger partial charge in [-0.1, -0.05) is 19.8 Å². The normalized spacial score (nSPS) is 22.7. The standard InChI is InChI=1S/C16H26FN3O4/c1-2-3-6-11(13(17)14(21)18-24)15(22)20-10-4-7-12(20)16(23)19-8-5-9-19/h11-13,24H,2-10H2,1H3,(H,18,21)/t11-,12+,13+/m1/s1. The summed E-state index contributed by atoms with van der Waals surface area (Å²) in [5.74, 6) is -2.96. The van der Waals surface area contributed by atoms with Crippen molar-refractivity contribution in [3.8, 4) is 0 Å². The van der Waals surface area contributed by atoms with E-state index in [9.17, 15) is 18.8 Å². The van der Waals surface area contributed by atoms with Gasteiger partial charge < -0.3 is 9.80 Å². The van der Waals surface area contributed by atoms with Crippen molar-refractivity contribution in [1.82, 2.24) is 15.3 Å². The summed E-state index contributed by atoms with van der Waals surface area (Å²) >= 11 is 0. The Morgan fingerprint density at radius 3 is 2.50 bits per heavy atom. The van der Waals surface area contributed by atoms with Crippen molar-refractivity contribution in [1.29, 1.82) is 0 Å². The molecule has 3 atom stereocenters. The van der Waals surface area contributed by atoms with Crippen LogP contribution >= 0.6 is 0 Å². The van der Waals surface area contributed by atoms with E-state index < -0.39 is 29.9 Å². The van der Waals surface area contributed by atoms with Crippen LogP contribution in [0.25, 0.3) is 0 Å². The molecule has 2 heterocycles. The van der Waals surface area contributed by atoms with Crippen molar-refractivity contribution in [2.45, 2.75) is 57.7 Å². The molecule has 2 saturated heterocycles. The number of amides is 3. The Bertz CT molecular complexity index is 484. The second-order valence-corrected chi connectivity index (χ2v) is 6.50. The highest BCUT2D eigenvalue weighted by Gasteiger charge is 2.43. The topological polar surface area (TPSA) is 90.0 Å². The molecule has 3 amide bonds. The van der Waals surface area contributed by atoms with Gasteiger partial charge in [0.25, 0.3) is 5.91 Å². The lowest BCUT2D eigenvalue weighted by atomic mass is 9.94. The lowest BCUT2D eigenvalue weighted by Gasteiger charge is -2.36. The minimum atomic E-state index is -2.12. The Hall–Kier alpha value is -1.70. The minimum Gasteiger partial charge on any atom is -0.341 e. The molecule has 0 aromatic carbocycles. The smallest absolute Gasteiger partial charge is 0.278 e. The summed E-state index contributed by atoms with van der Waals surface area (Å²) in [5, 5.41) is 8.65. The van der Waals surface area contributed by atoms with E-state index in [2.05, 4.69) is 0 Å². The maximum atomic E-state index is 14.3. The lowest BCUT2D eigenvalue weighted by molar-refractivity contribution is -0.152. The third-order valence-electron chi connectivity index (χ3n) is 4.89. The van der Waals surface area contributed by atoms with Gasteiger partial charge in [0.2, 0.25) is 11.8 Å². The molecule has 136 valence electrons. The minimum absolute atomic E-state index is 0.0802. The molecule has 0 aromatic heterocycles. The van der Waals surface area contributed by atoms with Crippen molar-refractivity contribution < 1.29 is 24.0 Å². The summed E-state index contributed by atoms with van der Waals surface area (Å²) in [6, 6.07) is -0.550. The number of nitrogens with one attached hydrogen (secondary N) is 1. The summed E-state index contributed by atoms with van der Waals surface area (Å²) in [4.78, 5) is 39.8. The molecular formula is C16H26FN3O4. The second kappa shape index (κ2) is 8.41. The Balaban J connectivity index is 2.10. The molecule has 0 unspecified atom stereocenters. The number of alkyl halides is 1. The van der Waals surface area contributed by atoms with Gasteiger partial charge in [-0.2, -0.15) is 0 Å². The summed E-state index contributed by atoms with van der Waals surface area (Å²) in [6.07, 6.45) is 1.68. The Morgan fingerprint density at radius 1 is 1.25 bits per heavy atom. The van der Waals surface area contributed by atoms with Gasteiger partial charge in [0.15, 0.2) is 6.17 Å². The first kappa shape index (κ1) is 18.6. The molecule has 8 heteroatoms. The van der Waals surface area contributed by atoms with Crippen LogP contribution in [-0.4, -0.2) is 64.6 Å². The average Bonchev–Trinajstić information content (AvgIpc) is 3.01. The third-order valence-corrected chi connectivity index (χ3v) is 4.89. The van der Waals surface area contributed by atoms with Crippen LogP contribution in [0.2, 0.25) is 0 Å². The van der Waals surface area contributed by atoms with Gasteiger partial charge in [-0.25, -0.2) is 9.87 Å². The number of carbonyl (C=O) groups excluding carboxylic acids is 3. The molecule has 2 N–H and O–H groups in total. The van der Waals surface area contributed by atoms with Crippen LogP contribution in [0.5, 0.6) is 0 Å². The molecule has 2 fully saturated rings. The molecule has 0 aliphatic carbocycles. The van der Waals surface area contributed by atoms with E-state index in [1.165, 1.54) is 10.4 Å². The van der Waals surface area contributed by atoms with E-state index in [0.29, 0.717) is 38.9 Å². The van der Waals surface area contributed by atoms with Crippen LogP contribution in [0, 0.1) is 5.92 Å². The zero-order chi connectivity index (χ0) is 17.7. The highest BCUT2D eigenvalue weighted by molar-refractivity contribution is 5.92. The number of hydroxylamine groups is 1. The van der Waals surface area contributed by atoms with E-state index in [1.54, 1.807) is 4.90 Å². The number of unbranched alkanes of at least 4 members (excludes halogenated alkanes) is 1. The molecule has 0 saturated carbocycles. The highest BCUT2D eigenvalue weighted by atomic mass is 19.1. The largest absolute Gasteiger partial charge is 0.341 e. The van der Waals surface area contributed by atoms with Crippen LogP contribution in [0.3, 0.4) is 0 Å². The average molecular weight is 343 g/mol. The molecule has 7 nitrogen and oxygen atoms in total. The number of halogens is 1. The van der Waals surface area contributed by atoms with Crippen molar-refractivity contribution in [2.24, 2.45) is 5.92 Å². The summed E-state index contributed by atoms with van der Waals surface area (Å²) < 4.78 is 14.3. The zero-order valence-electron chi connectivity index (χ0n) is 14.0. The van der Waals surface area contributed by atoms with E-state index in [4.69, 9.17) is 5.21 Å². The maximum Gasteiger partial charge on any atom is 0.278 e. The van der Waals surface area contributed by atoms with Crippen molar-refractivity contribution in [2.75, 3.05) is 19.6 Å². The van der Waals surface area contributed by atoms with Crippen LogP contribution in [0.15, 0.2) is 0 Å². The summed E-state index contributed by atoms with van der Waals surface area (Å²) in [7, 11) is 0.